The number of hydrogen-bond donors (Lipinski definition) is 0. The Balaban J connectivity index is 2.06. The van der Waals surface area contributed by atoms with Crippen LogP contribution in [0, 0.1) is 0 Å². The molecule has 1 atom stereocenters. The summed E-state index contributed by atoms with van der Waals surface area (Å²) in [6, 6.07) is 5.96. The quantitative estimate of drug-likeness (QED) is 0.809. The number of hydrogen-bond acceptors (Lipinski definition) is 3. The van der Waals surface area contributed by atoms with Crippen LogP contribution in [0.4, 0.5) is 0 Å². The number of likely N-dealkylation sites (tertiary alicyclic amines) is 1. The van der Waals surface area contributed by atoms with E-state index >= 15 is 0 Å². The number of oxazole rings is 1. The molecule has 2 heterocycles. The molecular weight excluding hydrogens is 280 g/mol. The first-order valence-electron chi connectivity index (χ1n) is 5.82. The Bertz CT molecular complexity index is 566. The monoisotopic (exact) mass is 294 g/mol. The van der Waals surface area contributed by atoms with Gasteiger partial charge in [0, 0.05) is 11.0 Å². The second-order valence-electron chi connectivity index (χ2n) is 5.18. The van der Waals surface area contributed by atoms with Gasteiger partial charge in [-0.1, -0.05) is 15.9 Å². The van der Waals surface area contributed by atoms with Crippen LogP contribution in [0.15, 0.2) is 27.1 Å². The van der Waals surface area contributed by atoms with Crippen LogP contribution in [0.5, 0.6) is 0 Å². The molecule has 0 radical (unpaired) electrons. The van der Waals surface area contributed by atoms with E-state index in [1.807, 2.05) is 18.2 Å². The summed E-state index contributed by atoms with van der Waals surface area (Å²) in [4.78, 5) is 6.96. The molecule has 3 rings (SSSR count). The van der Waals surface area contributed by atoms with Crippen molar-refractivity contribution in [1.82, 2.24) is 9.88 Å². The highest BCUT2D eigenvalue weighted by Crippen LogP contribution is 2.34. The highest BCUT2D eigenvalue weighted by atomic mass is 79.9. The summed E-state index contributed by atoms with van der Waals surface area (Å²) >= 11 is 3.46. The molecule has 90 valence electrons. The molecular formula is C13H15BrN2O. The Kier molecular flexibility index (Phi) is 2.52. The molecule has 0 bridgehead atoms. The second kappa shape index (κ2) is 3.82. The molecule has 2 aromatic rings. The van der Waals surface area contributed by atoms with Gasteiger partial charge in [0.2, 0.25) is 5.89 Å². The molecule has 0 spiro atoms. The summed E-state index contributed by atoms with van der Waals surface area (Å²) in [6.45, 7) is 4.36. The maximum absolute atomic E-state index is 5.90. The molecule has 1 aromatic heterocycles. The fourth-order valence-electron chi connectivity index (χ4n) is 2.52. The third kappa shape index (κ3) is 1.89. The number of aromatic nitrogens is 1. The minimum absolute atomic E-state index is 0.0558. The summed E-state index contributed by atoms with van der Waals surface area (Å²) < 4.78 is 6.94. The first-order valence-corrected chi connectivity index (χ1v) is 6.61. The van der Waals surface area contributed by atoms with Crippen LogP contribution >= 0.6 is 15.9 Å². The van der Waals surface area contributed by atoms with Crippen LogP contribution in [-0.2, 0) is 5.41 Å². The van der Waals surface area contributed by atoms with Gasteiger partial charge in [0.15, 0.2) is 5.58 Å². The summed E-state index contributed by atoms with van der Waals surface area (Å²) in [5, 5.41) is 0. The van der Waals surface area contributed by atoms with Crippen molar-refractivity contribution in [2.45, 2.75) is 18.8 Å². The third-order valence-corrected chi connectivity index (χ3v) is 4.02. The van der Waals surface area contributed by atoms with Gasteiger partial charge in [0.25, 0.3) is 0 Å². The van der Waals surface area contributed by atoms with E-state index in [0.717, 1.165) is 41.0 Å². The summed E-state index contributed by atoms with van der Waals surface area (Å²) in [5.41, 5.74) is 1.87. The third-order valence-electron chi connectivity index (χ3n) is 3.53. The van der Waals surface area contributed by atoms with Crippen molar-refractivity contribution in [1.29, 1.82) is 0 Å². The first-order chi connectivity index (χ1) is 8.07. The summed E-state index contributed by atoms with van der Waals surface area (Å²) in [6.07, 6.45) is 1.11. The van der Waals surface area contributed by atoms with Crippen molar-refractivity contribution in [3.8, 4) is 0 Å². The van der Waals surface area contributed by atoms with Gasteiger partial charge in [0.1, 0.15) is 5.52 Å². The molecule has 1 saturated heterocycles. The van der Waals surface area contributed by atoms with Crippen molar-refractivity contribution in [2.24, 2.45) is 0 Å². The lowest BCUT2D eigenvalue weighted by atomic mass is 9.90. The summed E-state index contributed by atoms with van der Waals surface area (Å²) in [7, 11) is 2.14. The fraction of sp³-hybridized carbons (Fsp3) is 0.462. The van der Waals surface area contributed by atoms with Crippen molar-refractivity contribution >= 4 is 27.0 Å². The Morgan fingerprint density at radius 3 is 3.00 bits per heavy atom. The Morgan fingerprint density at radius 1 is 1.47 bits per heavy atom. The van der Waals surface area contributed by atoms with E-state index < -0.39 is 0 Å². The summed E-state index contributed by atoms with van der Waals surface area (Å²) in [5.74, 6) is 0.870. The fourth-order valence-corrected chi connectivity index (χ4v) is 2.87. The predicted molar refractivity (Wildman–Crippen MR) is 71.2 cm³/mol. The number of rotatable bonds is 1. The topological polar surface area (TPSA) is 29.3 Å². The highest BCUT2D eigenvalue weighted by molar-refractivity contribution is 9.10. The smallest absolute Gasteiger partial charge is 0.202 e. The number of nitrogens with zero attached hydrogens (tertiary/aromatic N) is 2. The molecule has 0 N–H and O–H groups in total. The molecule has 0 aliphatic carbocycles. The number of benzene rings is 1. The molecule has 1 aliphatic rings. The van der Waals surface area contributed by atoms with Crippen molar-refractivity contribution in [3.63, 3.8) is 0 Å². The average molecular weight is 295 g/mol. The molecule has 0 saturated carbocycles. The van der Waals surface area contributed by atoms with Gasteiger partial charge >= 0.3 is 0 Å². The maximum atomic E-state index is 5.90. The molecule has 1 aromatic carbocycles. The van der Waals surface area contributed by atoms with E-state index in [4.69, 9.17) is 4.42 Å². The lowest BCUT2D eigenvalue weighted by molar-refractivity contribution is 0.335. The standard InChI is InChI=1S/C13H15BrN2O/c1-13(5-6-16(2)8-13)12-15-10-7-9(14)3-4-11(10)17-12/h3-4,7H,5-6,8H2,1-2H3. The zero-order valence-electron chi connectivity index (χ0n) is 10.0. The minimum atomic E-state index is 0.0558. The Hall–Kier alpha value is -0.870. The van der Waals surface area contributed by atoms with Gasteiger partial charge < -0.3 is 9.32 Å². The highest BCUT2D eigenvalue weighted by Gasteiger charge is 2.38. The molecule has 0 amide bonds. The molecule has 1 fully saturated rings. The Labute approximate surface area is 109 Å². The molecule has 1 unspecified atom stereocenters. The van der Waals surface area contributed by atoms with Gasteiger partial charge in [-0.25, -0.2) is 4.98 Å². The molecule has 4 heteroatoms. The van der Waals surface area contributed by atoms with E-state index in [1.54, 1.807) is 0 Å². The predicted octanol–water partition coefficient (Wildman–Crippen LogP) is 3.18. The van der Waals surface area contributed by atoms with Crippen LogP contribution in [0.3, 0.4) is 0 Å². The molecule has 17 heavy (non-hydrogen) atoms. The SMILES string of the molecule is CN1CCC(C)(c2nc3cc(Br)ccc3o2)C1. The maximum Gasteiger partial charge on any atom is 0.202 e. The van der Waals surface area contributed by atoms with Crippen molar-refractivity contribution in [3.05, 3.63) is 28.6 Å². The number of halogens is 1. The van der Waals surface area contributed by atoms with Gasteiger partial charge in [-0.3, -0.25) is 0 Å². The van der Waals surface area contributed by atoms with E-state index in [0.29, 0.717) is 0 Å². The number of fused-ring (bicyclic) bond motifs is 1. The first kappa shape index (κ1) is 11.2. The van der Waals surface area contributed by atoms with Gasteiger partial charge in [-0.15, -0.1) is 0 Å². The Morgan fingerprint density at radius 2 is 2.29 bits per heavy atom. The second-order valence-corrected chi connectivity index (χ2v) is 6.10. The number of likely N-dealkylation sites (N-methyl/N-ethyl adjacent to an activating group) is 1. The minimum Gasteiger partial charge on any atom is -0.440 e. The largest absolute Gasteiger partial charge is 0.440 e. The van der Waals surface area contributed by atoms with E-state index in [2.05, 4.69) is 39.8 Å². The van der Waals surface area contributed by atoms with Gasteiger partial charge in [-0.2, -0.15) is 0 Å². The van der Waals surface area contributed by atoms with Crippen LogP contribution in [0.1, 0.15) is 19.2 Å². The average Bonchev–Trinajstić information content (AvgIpc) is 2.83. The van der Waals surface area contributed by atoms with Crippen molar-refractivity contribution in [2.75, 3.05) is 20.1 Å². The molecule has 1 aliphatic heterocycles. The van der Waals surface area contributed by atoms with Gasteiger partial charge in [-0.05, 0) is 45.1 Å². The zero-order chi connectivity index (χ0) is 12.0. The van der Waals surface area contributed by atoms with E-state index in [-0.39, 0.29) is 5.41 Å². The van der Waals surface area contributed by atoms with Crippen LogP contribution in [-0.4, -0.2) is 30.0 Å². The van der Waals surface area contributed by atoms with E-state index in [1.165, 1.54) is 0 Å². The lowest BCUT2D eigenvalue weighted by Crippen LogP contribution is -2.26. The van der Waals surface area contributed by atoms with Crippen LogP contribution in [0.25, 0.3) is 11.1 Å². The van der Waals surface area contributed by atoms with Gasteiger partial charge in [0.05, 0.1) is 5.41 Å². The normalized spacial score (nSPS) is 25.8. The lowest BCUT2D eigenvalue weighted by Gasteiger charge is -2.18. The van der Waals surface area contributed by atoms with E-state index in [9.17, 15) is 0 Å². The zero-order valence-corrected chi connectivity index (χ0v) is 11.6. The molecule has 3 nitrogen and oxygen atoms in total. The van der Waals surface area contributed by atoms with Crippen molar-refractivity contribution < 1.29 is 4.42 Å². The van der Waals surface area contributed by atoms with Crippen LogP contribution < -0.4 is 0 Å². The van der Waals surface area contributed by atoms with Crippen LogP contribution in [0.2, 0.25) is 0 Å².